The zero-order valence-electron chi connectivity index (χ0n) is 27.7. The standard InChI is InChI=1S/C36H43N9O4/c46-23-31-34(41-32(20-38-31)45-13-2-1-3-14-45)39-27-5-4-26-22-43(15-12-25(26)18-27)21-24-10-16-44(17-11-24)28-6-7-29(37-19-28)35(48)40-30-8-9-33(47)42-36(30)49/h4-7,18-20,23-24,30H,1-3,8-17,21-22H2,(H,39,41)(H,40,48)(H,42,47,49). The van der Waals surface area contributed by atoms with Gasteiger partial charge in [-0.2, -0.15) is 0 Å². The van der Waals surface area contributed by atoms with E-state index >= 15 is 0 Å². The molecule has 7 rings (SSSR count). The highest BCUT2D eigenvalue weighted by atomic mass is 16.2. The molecule has 13 nitrogen and oxygen atoms in total. The van der Waals surface area contributed by atoms with Gasteiger partial charge in [-0.15, -0.1) is 0 Å². The Morgan fingerprint density at radius 3 is 2.49 bits per heavy atom. The number of piperidine rings is 3. The third-order valence-corrected chi connectivity index (χ3v) is 10.2. The number of hydrogen-bond acceptors (Lipinski definition) is 11. The summed E-state index contributed by atoms with van der Waals surface area (Å²) in [6, 6.07) is 9.33. The molecule has 4 aliphatic rings. The highest BCUT2D eigenvalue weighted by Gasteiger charge is 2.29. The van der Waals surface area contributed by atoms with E-state index < -0.39 is 17.9 Å². The fourth-order valence-corrected chi connectivity index (χ4v) is 7.33. The molecule has 1 unspecified atom stereocenters. The van der Waals surface area contributed by atoms with Crippen molar-refractivity contribution in [3.05, 3.63) is 65.2 Å². The first-order valence-corrected chi connectivity index (χ1v) is 17.5. The molecule has 3 saturated heterocycles. The van der Waals surface area contributed by atoms with E-state index in [1.807, 2.05) is 6.07 Å². The van der Waals surface area contributed by atoms with Crippen molar-refractivity contribution in [2.75, 3.05) is 54.4 Å². The Balaban J connectivity index is 0.890. The Bertz CT molecular complexity index is 1700. The first kappa shape index (κ1) is 32.6. The fraction of sp³-hybridized carbons (Fsp3) is 0.472. The number of carbonyl (C=O) groups is 4. The second kappa shape index (κ2) is 14.7. The normalized spacial score (nSPS) is 20.4. The molecule has 3 N–H and O–H groups in total. The van der Waals surface area contributed by atoms with Crippen molar-refractivity contribution in [2.24, 2.45) is 5.92 Å². The second-order valence-electron chi connectivity index (χ2n) is 13.5. The minimum absolute atomic E-state index is 0.207. The molecule has 0 saturated carbocycles. The molecule has 4 aliphatic heterocycles. The summed E-state index contributed by atoms with van der Waals surface area (Å²) in [6.45, 7) is 6.78. The number of amides is 3. The zero-order valence-corrected chi connectivity index (χ0v) is 27.7. The molecule has 0 radical (unpaired) electrons. The number of rotatable bonds is 9. The first-order chi connectivity index (χ1) is 23.9. The Morgan fingerprint density at radius 1 is 0.898 bits per heavy atom. The van der Waals surface area contributed by atoms with Crippen LogP contribution in [-0.4, -0.2) is 89.2 Å². The highest BCUT2D eigenvalue weighted by Crippen LogP contribution is 2.29. The Morgan fingerprint density at radius 2 is 1.73 bits per heavy atom. The van der Waals surface area contributed by atoms with Crippen molar-refractivity contribution >= 4 is 47.0 Å². The lowest BCUT2D eigenvalue weighted by atomic mass is 9.93. The summed E-state index contributed by atoms with van der Waals surface area (Å²) in [5, 5.41) is 8.31. The van der Waals surface area contributed by atoms with E-state index in [9.17, 15) is 19.2 Å². The predicted octanol–water partition coefficient (Wildman–Crippen LogP) is 3.23. The van der Waals surface area contributed by atoms with Crippen molar-refractivity contribution in [1.29, 1.82) is 0 Å². The van der Waals surface area contributed by atoms with Crippen LogP contribution in [0.3, 0.4) is 0 Å². The topological polar surface area (TPSA) is 153 Å². The number of aldehydes is 1. The molecule has 256 valence electrons. The van der Waals surface area contributed by atoms with E-state index in [1.165, 1.54) is 17.5 Å². The van der Waals surface area contributed by atoms with Crippen LogP contribution in [0.25, 0.3) is 0 Å². The number of pyridine rings is 1. The number of benzene rings is 1. The maximum absolute atomic E-state index is 12.6. The van der Waals surface area contributed by atoms with Gasteiger partial charge in [0.1, 0.15) is 23.2 Å². The number of aromatic nitrogens is 3. The first-order valence-electron chi connectivity index (χ1n) is 17.5. The van der Waals surface area contributed by atoms with Crippen LogP contribution in [0, 0.1) is 5.92 Å². The van der Waals surface area contributed by atoms with Crippen molar-refractivity contribution < 1.29 is 19.2 Å². The summed E-state index contributed by atoms with van der Waals surface area (Å²) in [5.74, 6) is 0.713. The quantitative estimate of drug-likeness (QED) is 0.228. The van der Waals surface area contributed by atoms with Gasteiger partial charge in [-0.1, -0.05) is 6.07 Å². The summed E-state index contributed by atoms with van der Waals surface area (Å²) < 4.78 is 0. The van der Waals surface area contributed by atoms with Gasteiger partial charge >= 0.3 is 0 Å². The summed E-state index contributed by atoms with van der Waals surface area (Å²) in [4.78, 5) is 68.4. The average Bonchev–Trinajstić information content (AvgIpc) is 3.13. The molecular weight excluding hydrogens is 622 g/mol. The fourth-order valence-electron chi connectivity index (χ4n) is 7.33. The van der Waals surface area contributed by atoms with Crippen LogP contribution in [-0.2, 0) is 22.6 Å². The van der Waals surface area contributed by atoms with Gasteiger partial charge in [-0.25, -0.2) is 15.0 Å². The van der Waals surface area contributed by atoms with Crippen LogP contribution in [0.1, 0.15) is 77.0 Å². The third-order valence-electron chi connectivity index (χ3n) is 10.2. The number of nitrogens with one attached hydrogen (secondary N) is 3. The molecule has 1 aromatic carbocycles. The third kappa shape index (κ3) is 7.72. The zero-order chi connectivity index (χ0) is 33.7. The van der Waals surface area contributed by atoms with E-state index in [2.05, 4.69) is 58.8 Å². The Kier molecular flexibility index (Phi) is 9.78. The number of anilines is 4. The van der Waals surface area contributed by atoms with Crippen molar-refractivity contribution in [3.8, 4) is 0 Å². The van der Waals surface area contributed by atoms with E-state index in [1.54, 1.807) is 18.5 Å². The maximum atomic E-state index is 12.6. The summed E-state index contributed by atoms with van der Waals surface area (Å²) >= 11 is 0. The number of imide groups is 1. The van der Waals surface area contributed by atoms with Gasteiger partial charge in [-0.05, 0) is 86.3 Å². The number of fused-ring (bicyclic) bond motifs is 1. The number of hydrogen-bond donors (Lipinski definition) is 3. The van der Waals surface area contributed by atoms with E-state index in [0.29, 0.717) is 23.9 Å². The van der Waals surface area contributed by atoms with Gasteiger partial charge in [0.15, 0.2) is 12.1 Å². The van der Waals surface area contributed by atoms with Crippen molar-refractivity contribution in [2.45, 2.75) is 64.0 Å². The van der Waals surface area contributed by atoms with E-state index in [4.69, 9.17) is 4.98 Å². The summed E-state index contributed by atoms with van der Waals surface area (Å²) in [7, 11) is 0. The molecule has 0 spiro atoms. The molecule has 3 aromatic rings. The summed E-state index contributed by atoms with van der Waals surface area (Å²) in [6.07, 6.45) is 11.4. The van der Waals surface area contributed by atoms with Gasteiger partial charge in [0.2, 0.25) is 11.8 Å². The lowest BCUT2D eigenvalue weighted by Gasteiger charge is -2.37. The lowest BCUT2D eigenvalue weighted by molar-refractivity contribution is -0.134. The molecule has 49 heavy (non-hydrogen) atoms. The van der Waals surface area contributed by atoms with Gasteiger partial charge in [0, 0.05) is 57.9 Å². The molecule has 0 aliphatic carbocycles. The monoisotopic (exact) mass is 665 g/mol. The van der Waals surface area contributed by atoms with Gasteiger partial charge in [0.25, 0.3) is 5.91 Å². The highest BCUT2D eigenvalue weighted by molar-refractivity contribution is 6.03. The molecular formula is C36H43N9O4. The number of nitrogens with zero attached hydrogens (tertiary/aromatic N) is 6. The number of carbonyl (C=O) groups excluding carboxylic acids is 4. The van der Waals surface area contributed by atoms with Crippen LogP contribution in [0.5, 0.6) is 0 Å². The van der Waals surface area contributed by atoms with Crippen molar-refractivity contribution in [1.82, 2.24) is 30.5 Å². The Hall–Kier alpha value is -4.91. The van der Waals surface area contributed by atoms with Crippen LogP contribution < -0.4 is 25.8 Å². The molecule has 2 aromatic heterocycles. The Labute approximate surface area is 285 Å². The molecule has 6 heterocycles. The average molecular weight is 666 g/mol. The van der Waals surface area contributed by atoms with Crippen LogP contribution in [0.2, 0.25) is 0 Å². The predicted molar refractivity (Wildman–Crippen MR) is 185 cm³/mol. The maximum Gasteiger partial charge on any atom is 0.270 e. The van der Waals surface area contributed by atoms with Crippen molar-refractivity contribution in [3.63, 3.8) is 0 Å². The molecule has 3 fully saturated rings. The van der Waals surface area contributed by atoms with Gasteiger partial charge in [-0.3, -0.25) is 29.4 Å². The second-order valence-corrected chi connectivity index (χ2v) is 13.5. The van der Waals surface area contributed by atoms with E-state index in [0.717, 1.165) is 101 Å². The summed E-state index contributed by atoms with van der Waals surface area (Å²) in [5.41, 5.74) is 5.13. The molecule has 13 heteroatoms. The molecule has 0 bridgehead atoms. The minimum Gasteiger partial charge on any atom is -0.370 e. The van der Waals surface area contributed by atoms with E-state index in [-0.39, 0.29) is 18.0 Å². The van der Waals surface area contributed by atoms with Gasteiger partial charge in [0.05, 0.1) is 18.1 Å². The SMILES string of the molecule is O=Cc1ncc(N2CCCCC2)nc1Nc1ccc2c(c1)CCN(CC1CCN(c3ccc(C(=O)NC4CCC(=O)NC4=O)nc3)CC1)C2. The minimum atomic E-state index is -0.723. The van der Waals surface area contributed by atoms with Crippen LogP contribution in [0.4, 0.5) is 23.0 Å². The molecule has 3 amide bonds. The largest absolute Gasteiger partial charge is 0.370 e. The van der Waals surface area contributed by atoms with Gasteiger partial charge < -0.3 is 20.4 Å². The van der Waals surface area contributed by atoms with Crippen LogP contribution in [0.15, 0.2) is 42.7 Å². The lowest BCUT2D eigenvalue weighted by Crippen LogP contribution is -2.52. The smallest absolute Gasteiger partial charge is 0.270 e. The van der Waals surface area contributed by atoms with Crippen LogP contribution >= 0.6 is 0 Å². The molecule has 1 atom stereocenters.